The van der Waals surface area contributed by atoms with Gasteiger partial charge in [0.2, 0.25) is 0 Å². The van der Waals surface area contributed by atoms with Crippen LogP contribution in [0, 0.1) is 17.8 Å². The van der Waals surface area contributed by atoms with Crippen molar-refractivity contribution in [3.05, 3.63) is 11.0 Å². The molecule has 1 aliphatic heterocycles. The quantitative estimate of drug-likeness (QED) is 0.650. The molecule has 0 bridgehead atoms. The molecule has 0 fully saturated rings. The van der Waals surface area contributed by atoms with Crippen molar-refractivity contribution in [2.75, 3.05) is 0 Å². The third kappa shape index (κ3) is 3.34. The number of allylic oxidation sites excluding steroid dienone is 2. The van der Waals surface area contributed by atoms with Gasteiger partial charge in [0.1, 0.15) is 0 Å². The van der Waals surface area contributed by atoms with E-state index in [-0.39, 0.29) is 0 Å². The van der Waals surface area contributed by atoms with Gasteiger partial charge in [0.05, 0.1) is 0 Å². The molecular formula is C13H24S. The van der Waals surface area contributed by atoms with Gasteiger partial charge in [-0.1, -0.05) is 40.7 Å². The summed E-state index contributed by atoms with van der Waals surface area (Å²) in [5.74, 6) is 2.37. The van der Waals surface area contributed by atoms with Gasteiger partial charge in [-0.15, -0.1) is 11.8 Å². The Morgan fingerprint density at radius 3 is 2.36 bits per heavy atom. The zero-order valence-corrected chi connectivity index (χ0v) is 11.0. The van der Waals surface area contributed by atoms with Crippen molar-refractivity contribution in [2.45, 2.75) is 52.7 Å². The van der Waals surface area contributed by atoms with Crippen molar-refractivity contribution >= 4 is 11.8 Å². The predicted octanol–water partition coefficient (Wildman–Crippen LogP) is 4.71. The monoisotopic (exact) mass is 212 g/mol. The lowest BCUT2D eigenvalue weighted by Crippen LogP contribution is -2.08. The smallest absolute Gasteiger partial charge is 0.0152 e. The molecule has 1 heteroatoms. The summed E-state index contributed by atoms with van der Waals surface area (Å²) in [5.41, 5.74) is 0. The minimum atomic E-state index is 0.728. The fraction of sp³-hybridized carbons (Fsp3) is 0.846. The molecule has 1 heterocycles. The van der Waals surface area contributed by atoms with Crippen LogP contribution in [0.5, 0.6) is 0 Å². The first-order valence-corrected chi connectivity index (χ1v) is 6.77. The van der Waals surface area contributed by atoms with Crippen molar-refractivity contribution in [3.8, 4) is 0 Å². The highest BCUT2D eigenvalue weighted by Gasteiger charge is 2.25. The Balaban J connectivity index is 2.39. The molecule has 0 nitrogen and oxygen atoms in total. The van der Waals surface area contributed by atoms with Crippen LogP contribution in [0.25, 0.3) is 0 Å². The summed E-state index contributed by atoms with van der Waals surface area (Å²) < 4.78 is 0. The summed E-state index contributed by atoms with van der Waals surface area (Å²) in [6, 6.07) is 0. The Bertz CT molecular complexity index is 203. The second kappa shape index (κ2) is 5.25. The summed E-state index contributed by atoms with van der Waals surface area (Å²) in [6.07, 6.45) is 5.25. The number of thioether (sulfide) groups is 1. The molecule has 0 saturated heterocycles. The molecule has 0 aliphatic carbocycles. The van der Waals surface area contributed by atoms with E-state index in [9.17, 15) is 0 Å². The van der Waals surface area contributed by atoms with Crippen LogP contribution in [0.2, 0.25) is 0 Å². The minimum Gasteiger partial charge on any atom is -0.127 e. The summed E-state index contributed by atoms with van der Waals surface area (Å²) in [6.45, 7) is 11.6. The molecule has 0 N–H and O–H groups in total. The van der Waals surface area contributed by atoms with E-state index in [1.54, 1.807) is 4.91 Å². The summed E-state index contributed by atoms with van der Waals surface area (Å²) in [5, 5.41) is 0.856. The molecule has 82 valence electrons. The van der Waals surface area contributed by atoms with Crippen molar-refractivity contribution in [1.82, 2.24) is 0 Å². The normalized spacial score (nSPS) is 27.5. The predicted molar refractivity (Wildman–Crippen MR) is 67.5 cm³/mol. The van der Waals surface area contributed by atoms with Gasteiger partial charge in [-0.3, -0.25) is 0 Å². The molecular weight excluding hydrogens is 188 g/mol. The highest BCUT2D eigenvalue weighted by molar-refractivity contribution is 8.03. The van der Waals surface area contributed by atoms with Crippen LogP contribution in [0.4, 0.5) is 0 Å². The molecule has 0 aromatic rings. The molecule has 2 unspecified atom stereocenters. The number of rotatable bonds is 4. The average molecular weight is 212 g/mol. The topological polar surface area (TPSA) is 0 Å². The second-order valence-electron chi connectivity index (χ2n) is 5.21. The molecule has 0 saturated carbocycles. The largest absolute Gasteiger partial charge is 0.127 e. The molecule has 0 aromatic heterocycles. The van der Waals surface area contributed by atoms with E-state index in [2.05, 4.69) is 52.5 Å². The maximum absolute atomic E-state index is 2.49. The molecule has 0 spiro atoms. The zero-order valence-electron chi connectivity index (χ0n) is 10.2. The second-order valence-corrected chi connectivity index (χ2v) is 6.52. The van der Waals surface area contributed by atoms with Crippen LogP contribution in [0.3, 0.4) is 0 Å². The molecule has 2 atom stereocenters. The van der Waals surface area contributed by atoms with Gasteiger partial charge in [0.15, 0.2) is 0 Å². The summed E-state index contributed by atoms with van der Waals surface area (Å²) >= 11 is 2.13. The Morgan fingerprint density at radius 2 is 1.93 bits per heavy atom. The van der Waals surface area contributed by atoms with Crippen LogP contribution >= 0.6 is 11.8 Å². The van der Waals surface area contributed by atoms with Crippen molar-refractivity contribution in [2.24, 2.45) is 17.8 Å². The SMILES string of the molecule is CC(C)CCC1SC(C(C)C)=CC1C. The van der Waals surface area contributed by atoms with Gasteiger partial charge in [0.25, 0.3) is 0 Å². The van der Waals surface area contributed by atoms with Crippen LogP contribution in [0.15, 0.2) is 11.0 Å². The molecule has 14 heavy (non-hydrogen) atoms. The summed E-state index contributed by atoms with van der Waals surface area (Å²) in [4.78, 5) is 1.62. The van der Waals surface area contributed by atoms with Crippen LogP contribution < -0.4 is 0 Å². The van der Waals surface area contributed by atoms with Gasteiger partial charge in [-0.25, -0.2) is 0 Å². The van der Waals surface area contributed by atoms with Crippen LogP contribution in [-0.4, -0.2) is 5.25 Å². The van der Waals surface area contributed by atoms with Gasteiger partial charge < -0.3 is 0 Å². The molecule has 1 rings (SSSR count). The molecule has 0 radical (unpaired) electrons. The maximum Gasteiger partial charge on any atom is 0.0152 e. The zero-order chi connectivity index (χ0) is 10.7. The number of hydrogen-bond donors (Lipinski definition) is 0. The first-order valence-electron chi connectivity index (χ1n) is 5.89. The highest BCUT2D eigenvalue weighted by Crippen LogP contribution is 2.42. The van der Waals surface area contributed by atoms with E-state index < -0.39 is 0 Å². The lowest BCUT2D eigenvalue weighted by Gasteiger charge is -2.16. The first-order chi connectivity index (χ1) is 6.50. The fourth-order valence-electron chi connectivity index (χ4n) is 1.84. The van der Waals surface area contributed by atoms with E-state index >= 15 is 0 Å². The fourth-order valence-corrected chi connectivity index (χ4v) is 3.30. The standard InChI is InChI=1S/C13H24S/c1-9(2)6-7-12-11(5)8-13(14-12)10(3)4/h8-12H,6-7H2,1-5H3. The third-order valence-corrected chi connectivity index (χ3v) is 4.75. The lowest BCUT2D eigenvalue weighted by atomic mass is 9.98. The lowest BCUT2D eigenvalue weighted by molar-refractivity contribution is 0.515. The van der Waals surface area contributed by atoms with Crippen LogP contribution in [-0.2, 0) is 0 Å². The first kappa shape index (κ1) is 12.2. The Labute approximate surface area is 93.5 Å². The van der Waals surface area contributed by atoms with Gasteiger partial charge in [0, 0.05) is 5.25 Å². The molecule has 0 amide bonds. The van der Waals surface area contributed by atoms with E-state index in [0.29, 0.717) is 0 Å². The van der Waals surface area contributed by atoms with Gasteiger partial charge in [-0.05, 0) is 35.5 Å². The highest BCUT2D eigenvalue weighted by atomic mass is 32.2. The van der Waals surface area contributed by atoms with E-state index in [1.165, 1.54) is 12.8 Å². The molecule has 0 aromatic carbocycles. The van der Waals surface area contributed by atoms with Crippen LogP contribution in [0.1, 0.15) is 47.5 Å². The Hall–Kier alpha value is 0.0900. The van der Waals surface area contributed by atoms with Gasteiger partial charge >= 0.3 is 0 Å². The van der Waals surface area contributed by atoms with Crippen molar-refractivity contribution in [1.29, 1.82) is 0 Å². The van der Waals surface area contributed by atoms with E-state index in [1.807, 2.05) is 0 Å². The molecule has 1 aliphatic rings. The number of hydrogen-bond acceptors (Lipinski definition) is 1. The van der Waals surface area contributed by atoms with Crippen molar-refractivity contribution in [3.63, 3.8) is 0 Å². The van der Waals surface area contributed by atoms with Gasteiger partial charge in [-0.2, -0.15) is 0 Å². The van der Waals surface area contributed by atoms with Crippen molar-refractivity contribution < 1.29 is 0 Å². The minimum absolute atomic E-state index is 0.728. The van der Waals surface area contributed by atoms with E-state index in [0.717, 1.165) is 23.0 Å². The van der Waals surface area contributed by atoms with E-state index in [4.69, 9.17) is 0 Å². The average Bonchev–Trinajstić information content (AvgIpc) is 2.43. The third-order valence-electron chi connectivity index (χ3n) is 2.90. The summed E-state index contributed by atoms with van der Waals surface area (Å²) in [7, 11) is 0. The maximum atomic E-state index is 2.49. The Kier molecular flexibility index (Phi) is 4.56. The Morgan fingerprint density at radius 1 is 1.29 bits per heavy atom.